The van der Waals surface area contributed by atoms with E-state index in [1.807, 2.05) is 6.07 Å². The van der Waals surface area contributed by atoms with Gasteiger partial charge in [0.15, 0.2) is 0 Å². The van der Waals surface area contributed by atoms with Crippen LogP contribution in [0.5, 0.6) is 5.75 Å². The minimum atomic E-state index is -0.353. The van der Waals surface area contributed by atoms with Gasteiger partial charge < -0.3 is 20.1 Å². The van der Waals surface area contributed by atoms with Gasteiger partial charge in [-0.2, -0.15) is 0 Å². The Bertz CT molecular complexity index is 736. The standard InChI is InChI=1S/C22H32N2O3/c1-21-9-5-4-6-16-14-22(16,19(21)23)13-15-7-8-17(12-18(15)21)27-20(25)24(2)10-11-26-3/h7-8,12,16,19H,4-6,9-11,13-14,23H2,1-3H3/t16-,19+,21+,22?/m0/s1. The molecular weight excluding hydrogens is 340 g/mol. The number of amides is 1. The molecule has 2 N–H and O–H groups in total. The molecule has 1 amide bonds. The van der Waals surface area contributed by atoms with Gasteiger partial charge >= 0.3 is 6.09 Å². The van der Waals surface area contributed by atoms with Crippen molar-refractivity contribution < 1.29 is 14.3 Å². The van der Waals surface area contributed by atoms with Gasteiger partial charge in [0.05, 0.1) is 6.61 Å². The summed E-state index contributed by atoms with van der Waals surface area (Å²) in [5.41, 5.74) is 9.86. The zero-order valence-electron chi connectivity index (χ0n) is 16.8. The number of nitrogens with zero attached hydrogens (tertiary/aromatic N) is 1. The summed E-state index contributed by atoms with van der Waals surface area (Å²) in [6, 6.07) is 6.37. The number of hydrogen-bond acceptors (Lipinski definition) is 4. The number of fused-ring (bicyclic) bond motifs is 3. The van der Waals surface area contributed by atoms with Crippen molar-refractivity contribution in [3.8, 4) is 5.75 Å². The van der Waals surface area contributed by atoms with E-state index in [4.69, 9.17) is 15.2 Å². The van der Waals surface area contributed by atoms with E-state index >= 15 is 0 Å². The Morgan fingerprint density at radius 2 is 2.19 bits per heavy atom. The van der Waals surface area contributed by atoms with Crippen molar-refractivity contribution in [3.63, 3.8) is 0 Å². The SMILES string of the molecule is COCCN(C)C(=O)Oc1ccc2c(c1)[C@@]1(C)CCCC[C@H]3CC3(C2)[C@@H]1N. The predicted octanol–water partition coefficient (Wildman–Crippen LogP) is 3.49. The van der Waals surface area contributed by atoms with Crippen molar-refractivity contribution in [2.24, 2.45) is 17.1 Å². The molecule has 2 saturated carbocycles. The maximum atomic E-state index is 12.3. The Morgan fingerprint density at radius 1 is 1.37 bits per heavy atom. The smallest absolute Gasteiger partial charge is 0.410 e. The molecule has 148 valence electrons. The van der Waals surface area contributed by atoms with Gasteiger partial charge in [0, 0.05) is 32.2 Å². The average Bonchev–Trinajstić information content (AvgIpc) is 3.35. The third kappa shape index (κ3) is 3.05. The third-order valence-corrected chi connectivity index (χ3v) is 7.45. The zero-order valence-corrected chi connectivity index (χ0v) is 16.8. The van der Waals surface area contributed by atoms with Crippen LogP contribution in [-0.2, 0) is 16.6 Å². The molecule has 5 heteroatoms. The van der Waals surface area contributed by atoms with Gasteiger partial charge in [-0.3, -0.25) is 0 Å². The lowest BCUT2D eigenvalue weighted by molar-refractivity contribution is 0.134. The van der Waals surface area contributed by atoms with Crippen LogP contribution in [0.1, 0.15) is 50.2 Å². The second-order valence-electron chi connectivity index (χ2n) is 9.05. The molecule has 5 nitrogen and oxygen atoms in total. The number of methoxy groups -OCH3 is 1. The fraction of sp³-hybridized carbons (Fsp3) is 0.682. The Hall–Kier alpha value is -1.59. The van der Waals surface area contributed by atoms with Crippen molar-refractivity contribution >= 4 is 6.09 Å². The molecule has 2 fully saturated rings. The number of likely N-dealkylation sites (N-methyl/N-ethyl adjacent to an activating group) is 1. The molecule has 27 heavy (non-hydrogen) atoms. The Morgan fingerprint density at radius 3 is 2.96 bits per heavy atom. The quantitative estimate of drug-likeness (QED) is 0.879. The average molecular weight is 373 g/mol. The summed E-state index contributed by atoms with van der Waals surface area (Å²) in [4.78, 5) is 13.9. The molecule has 2 bridgehead atoms. The number of rotatable bonds is 4. The minimum Gasteiger partial charge on any atom is -0.410 e. The number of nitrogens with two attached hydrogens (primary N) is 1. The van der Waals surface area contributed by atoms with Crippen molar-refractivity contribution in [3.05, 3.63) is 29.3 Å². The summed E-state index contributed by atoms with van der Waals surface area (Å²) in [6.45, 7) is 3.33. The lowest BCUT2D eigenvalue weighted by atomic mass is 9.59. The summed E-state index contributed by atoms with van der Waals surface area (Å²) in [7, 11) is 3.35. The second kappa shape index (κ2) is 6.78. The molecule has 0 radical (unpaired) electrons. The number of benzene rings is 1. The number of carbonyl (C=O) groups excluding carboxylic acids is 1. The molecule has 3 aliphatic carbocycles. The summed E-state index contributed by atoms with van der Waals surface area (Å²) >= 11 is 0. The summed E-state index contributed by atoms with van der Waals surface area (Å²) in [5.74, 6) is 1.41. The van der Waals surface area contributed by atoms with Crippen LogP contribution in [0.3, 0.4) is 0 Å². The highest BCUT2D eigenvalue weighted by atomic mass is 16.6. The molecule has 0 heterocycles. The van der Waals surface area contributed by atoms with E-state index in [2.05, 4.69) is 19.1 Å². The lowest BCUT2D eigenvalue weighted by Crippen LogP contribution is -2.54. The lowest BCUT2D eigenvalue weighted by Gasteiger charge is -2.48. The highest BCUT2D eigenvalue weighted by molar-refractivity contribution is 5.70. The normalized spacial score (nSPS) is 33.9. The minimum absolute atomic E-state index is 0.0346. The van der Waals surface area contributed by atoms with E-state index in [0.29, 0.717) is 24.3 Å². The number of hydrogen-bond donors (Lipinski definition) is 1. The molecule has 0 saturated heterocycles. The Kier molecular flexibility index (Phi) is 4.71. The van der Waals surface area contributed by atoms with Crippen molar-refractivity contribution in [2.45, 2.75) is 56.9 Å². The molecule has 4 rings (SSSR count). The Balaban J connectivity index is 1.60. The molecule has 1 aromatic rings. The molecule has 1 spiro atoms. The van der Waals surface area contributed by atoms with E-state index in [-0.39, 0.29) is 17.6 Å². The fourth-order valence-corrected chi connectivity index (χ4v) is 5.63. The van der Waals surface area contributed by atoms with E-state index in [1.54, 1.807) is 14.2 Å². The first-order valence-corrected chi connectivity index (χ1v) is 10.2. The van der Waals surface area contributed by atoms with Crippen molar-refractivity contribution in [1.82, 2.24) is 4.90 Å². The summed E-state index contributed by atoms with van der Waals surface area (Å²) in [6.07, 6.45) is 6.98. The molecule has 0 aromatic heterocycles. The molecule has 3 aliphatic rings. The Labute approximate surface area is 162 Å². The molecular formula is C22H32N2O3. The third-order valence-electron chi connectivity index (χ3n) is 7.45. The van der Waals surface area contributed by atoms with Crippen LogP contribution in [0, 0.1) is 11.3 Å². The predicted molar refractivity (Wildman–Crippen MR) is 105 cm³/mol. The fourth-order valence-electron chi connectivity index (χ4n) is 5.63. The first kappa shape index (κ1) is 18.8. The van der Waals surface area contributed by atoms with Crippen LogP contribution in [0.2, 0.25) is 0 Å². The highest BCUT2D eigenvalue weighted by Crippen LogP contribution is 2.66. The maximum absolute atomic E-state index is 12.3. The van der Waals surface area contributed by atoms with E-state index in [1.165, 1.54) is 41.7 Å². The maximum Gasteiger partial charge on any atom is 0.415 e. The van der Waals surface area contributed by atoms with Gasteiger partial charge in [-0.1, -0.05) is 25.8 Å². The second-order valence-corrected chi connectivity index (χ2v) is 9.05. The van der Waals surface area contributed by atoms with Gasteiger partial charge in [0.25, 0.3) is 0 Å². The highest BCUT2D eigenvalue weighted by Gasteiger charge is 2.64. The summed E-state index contributed by atoms with van der Waals surface area (Å²) in [5, 5.41) is 0. The summed E-state index contributed by atoms with van der Waals surface area (Å²) < 4.78 is 10.7. The van der Waals surface area contributed by atoms with Crippen LogP contribution >= 0.6 is 0 Å². The molecule has 4 atom stereocenters. The van der Waals surface area contributed by atoms with Gasteiger partial charge in [-0.25, -0.2) is 4.79 Å². The van der Waals surface area contributed by atoms with Gasteiger partial charge in [0.2, 0.25) is 0 Å². The van der Waals surface area contributed by atoms with Gasteiger partial charge in [-0.05, 0) is 60.3 Å². The molecule has 0 aliphatic heterocycles. The number of carbonyl (C=O) groups is 1. The van der Waals surface area contributed by atoms with Gasteiger partial charge in [0.1, 0.15) is 5.75 Å². The largest absolute Gasteiger partial charge is 0.415 e. The first-order valence-electron chi connectivity index (χ1n) is 10.2. The molecule has 1 aromatic carbocycles. The van der Waals surface area contributed by atoms with Crippen molar-refractivity contribution in [1.29, 1.82) is 0 Å². The first-order chi connectivity index (χ1) is 12.9. The van der Waals surface area contributed by atoms with Crippen LogP contribution in [0.4, 0.5) is 4.79 Å². The van der Waals surface area contributed by atoms with E-state index in [0.717, 1.165) is 18.8 Å². The molecule has 1 unspecified atom stereocenters. The van der Waals surface area contributed by atoms with Crippen LogP contribution in [0.15, 0.2) is 18.2 Å². The van der Waals surface area contributed by atoms with Crippen molar-refractivity contribution in [2.75, 3.05) is 27.3 Å². The van der Waals surface area contributed by atoms with E-state index < -0.39 is 0 Å². The number of ether oxygens (including phenoxy) is 2. The van der Waals surface area contributed by atoms with Crippen LogP contribution < -0.4 is 10.5 Å². The topological polar surface area (TPSA) is 64.8 Å². The monoisotopic (exact) mass is 372 g/mol. The van der Waals surface area contributed by atoms with Crippen LogP contribution in [0.25, 0.3) is 0 Å². The van der Waals surface area contributed by atoms with Gasteiger partial charge in [-0.15, -0.1) is 0 Å². The van der Waals surface area contributed by atoms with E-state index in [9.17, 15) is 4.79 Å². The van der Waals surface area contributed by atoms with Crippen LogP contribution in [-0.4, -0.2) is 44.3 Å². The zero-order chi connectivity index (χ0) is 19.2.